The normalized spacial score (nSPS) is 10.7. The quantitative estimate of drug-likeness (QED) is 0.495. The number of ether oxygens (including phenoxy) is 2. The van der Waals surface area contributed by atoms with Crippen LogP contribution in [0.3, 0.4) is 0 Å². The third kappa shape index (κ3) is 6.84. The van der Waals surface area contributed by atoms with Crippen LogP contribution in [0.25, 0.3) is 0 Å². The zero-order valence-corrected chi connectivity index (χ0v) is 15.9. The standard InChI is InChI=1S/C20H27ClN2O3/c1-25-19-5-2-4-17(14-23-11-3-10-22-12-13-24)20(19)26-15-16-6-8-18(21)9-7-16/h2,4-9,22-24H,3,10-15H2,1H3. The van der Waals surface area contributed by atoms with E-state index in [0.29, 0.717) is 24.7 Å². The summed E-state index contributed by atoms with van der Waals surface area (Å²) in [7, 11) is 1.65. The topological polar surface area (TPSA) is 62.8 Å². The molecule has 26 heavy (non-hydrogen) atoms. The summed E-state index contributed by atoms with van der Waals surface area (Å²) in [6, 6.07) is 13.5. The summed E-state index contributed by atoms with van der Waals surface area (Å²) in [4.78, 5) is 0. The molecule has 0 bridgehead atoms. The van der Waals surface area contributed by atoms with Crippen LogP contribution in [0.2, 0.25) is 5.02 Å². The predicted octanol–water partition coefficient (Wildman–Crippen LogP) is 2.99. The van der Waals surface area contributed by atoms with E-state index in [4.69, 9.17) is 26.2 Å². The lowest BCUT2D eigenvalue weighted by Crippen LogP contribution is -2.24. The number of aliphatic hydroxyl groups excluding tert-OH is 1. The van der Waals surface area contributed by atoms with E-state index in [9.17, 15) is 0 Å². The first-order valence-corrected chi connectivity index (χ1v) is 9.18. The van der Waals surface area contributed by atoms with Gasteiger partial charge in [0.25, 0.3) is 0 Å². The summed E-state index contributed by atoms with van der Waals surface area (Å²) in [6.45, 7) is 3.73. The summed E-state index contributed by atoms with van der Waals surface area (Å²) in [5.74, 6) is 1.48. The van der Waals surface area contributed by atoms with Gasteiger partial charge >= 0.3 is 0 Å². The molecule has 0 unspecified atom stereocenters. The van der Waals surface area contributed by atoms with E-state index < -0.39 is 0 Å². The minimum Gasteiger partial charge on any atom is -0.493 e. The van der Waals surface area contributed by atoms with Gasteiger partial charge in [0.05, 0.1) is 13.7 Å². The number of benzene rings is 2. The van der Waals surface area contributed by atoms with Gasteiger partial charge in [0, 0.05) is 23.7 Å². The van der Waals surface area contributed by atoms with Gasteiger partial charge in [-0.1, -0.05) is 35.9 Å². The van der Waals surface area contributed by atoms with Crippen molar-refractivity contribution in [2.24, 2.45) is 0 Å². The van der Waals surface area contributed by atoms with E-state index in [1.807, 2.05) is 42.5 Å². The van der Waals surface area contributed by atoms with E-state index in [1.54, 1.807) is 7.11 Å². The predicted molar refractivity (Wildman–Crippen MR) is 105 cm³/mol. The first kappa shape index (κ1) is 20.5. The second-order valence-corrected chi connectivity index (χ2v) is 6.30. The molecule has 0 aliphatic carbocycles. The number of halogens is 1. The van der Waals surface area contributed by atoms with Crippen LogP contribution >= 0.6 is 11.6 Å². The zero-order valence-electron chi connectivity index (χ0n) is 15.1. The van der Waals surface area contributed by atoms with Gasteiger partial charge in [0.15, 0.2) is 11.5 Å². The first-order chi connectivity index (χ1) is 12.7. The van der Waals surface area contributed by atoms with E-state index >= 15 is 0 Å². The maximum Gasteiger partial charge on any atom is 0.166 e. The number of methoxy groups -OCH3 is 1. The van der Waals surface area contributed by atoms with Crippen LogP contribution in [0.4, 0.5) is 0 Å². The molecular weight excluding hydrogens is 352 g/mol. The number of hydrogen-bond donors (Lipinski definition) is 3. The maximum atomic E-state index is 8.73. The van der Waals surface area contributed by atoms with E-state index in [1.165, 1.54) is 0 Å². The highest BCUT2D eigenvalue weighted by molar-refractivity contribution is 6.30. The van der Waals surface area contributed by atoms with Gasteiger partial charge in [-0.05, 0) is 43.3 Å². The van der Waals surface area contributed by atoms with E-state index in [-0.39, 0.29) is 6.61 Å². The van der Waals surface area contributed by atoms with Crippen molar-refractivity contribution in [2.75, 3.05) is 33.4 Å². The smallest absolute Gasteiger partial charge is 0.166 e. The van der Waals surface area contributed by atoms with Crippen molar-refractivity contribution >= 4 is 11.6 Å². The number of aliphatic hydroxyl groups is 1. The Morgan fingerprint density at radius 3 is 2.50 bits per heavy atom. The van der Waals surface area contributed by atoms with Crippen molar-refractivity contribution in [3.63, 3.8) is 0 Å². The Morgan fingerprint density at radius 1 is 1.00 bits per heavy atom. The Kier molecular flexibility index (Phi) is 9.28. The molecular formula is C20H27ClN2O3. The van der Waals surface area contributed by atoms with Crippen molar-refractivity contribution in [1.82, 2.24) is 10.6 Å². The number of para-hydroxylation sites is 1. The highest BCUT2D eigenvalue weighted by atomic mass is 35.5. The molecule has 0 heterocycles. The molecule has 6 heteroatoms. The van der Waals surface area contributed by atoms with Crippen molar-refractivity contribution in [2.45, 2.75) is 19.6 Å². The van der Waals surface area contributed by atoms with Crippen LogP contribution in [0, 0.1) is 0 Å². The molecule has 2 aromatic carbocycles. The molecule has 0 saturated carbocycles. The lowest BCUT2D eigenvalue weighted by atomic mass is 10.1. The van der Waals surface area contributed by atoms with Crippen molar-refractivity contribution < 1.29 is 14.6 Å². The summed E-state index contributed by atoms with van der Waals surface area (Å²) in [5, 5.41) is 16.0. The van der Waals surface area contributed by atoms with Crippen LogP contribution < -0.4 is 20.1 Å². The molecule has 142 valence electrons. The summed E-state index contributed by atoms with van der Waals surface area (Å²) in [5.41, 5.74) is 2.11. The number of nitrogens with one attached hydrogen (secondary N) is 2. The van der Waals surface area contributed by atoms with Gasteiger partial charge < -0.3 is 25.2 Å². The first-order valence-electron chi connectivity index (χ1n) is 8.80. The Hall–Kier alpha value is -1.79. The fourth-order valence-electron chi connectivity index (χ4n) is 2.53. The van der Waals surface area contributed by atoms with Crippen molar-refractivity contribution in [3.8, 4) is 11.5 Å². The van der Waals surface area contributed by atoms with Crippen molar-refractivity contribution in [1.29, 1.82) is 0 Å². The molecule has 0 aliphatic rings. The minimum absolute atomic E-state index is 0.172. The maximum absolute atomic E-state index is 8.73. The van der Waals surface area contributed by atoms with E-state index in [0.717, 1.165) is 42.1 Å². The monoisotopic (exact) mass is 378 g/mol. The number of hydrogen-bond acceptors (Lipinski definition) is 5. The van der Waals surface area contributed by atoms with Gasteiger partial charge in [-0.15, -0.1) is 0 Å². The van der Waals surface area contributed by atoms with Gasteiger partial charge in [0.1, 0.15) is 6.61 Å². The third-order valence-corrected chi connectivity index (χ3v) is 4.14. The molecule has 2 rings (SSSR count). The third-order valence-electron chi connectivity index (χ3n) is 3.89. The minimum atomic E-state index is 0.172. The summed E-state index contributed by atoms with van der Waals surface area (Å²) < 4.78 is 11.5. The molecule has 0 aromatic heterocycles. The molecule has 0 atom stereocenters. The second-order valence-electron chi connectivity index (χ2n) is 5.87. The molecule has 0 spiro atoms. The highest BCUT2D eigenvalue weighted by Crippen LogP contribution is 2.31. The molecule has 0 aliphatic heterocycles. The summed E-state index contributed by atoms with van der Waals surface area (Å²) >= 11 is 5.93. The lowest BCUT2D eigenvalue weighted by Gasteiger charge is -2.16. The van der Waals surface area contributed by atoms with Gasteiger partial charge in [0.2, 0.25) is 0 Å². The van der Waals surface area contributed by atoms with Crippen LogP contribution in [0.5, 0.6) is 11.5 Å². The molecule has 2 aromatic rings. The molecule has 0 radical (unpaired) electrons. The van der Waals surface area contributed by atoms with Crippen molar-refractivity contribution in [3.05, 3.63) is 58.6 Å². The van der Waals surface area contributed by atoms with Crippen LogP contribution in [0.15, 0.2) is 42.5 Å². The molecule has 3 N–H and O–H groups in total. The largest absolute Gasteiger partial charge is 0.493 e. The average molecular weight is 379 g/mol. The molecule has 0 saturated heterocycles. The zero-order chi connectivity index (χ0) is 18.6. The molecule has 0 amide bonds. The van der Waals surface area contributed by atoms with Crippen LogP contribution in [-0.4, -0.2) is 38.5 Å². The fourth-order valence-corrected chi connectivity index (χ4v) is 2.65. The number of rotatable bonds is 12. The Balaban J connectivity index is 1.90. The molecule has 5 nitrogen and oxygen atoms in total. The Bertz CT molecular complexity index is 650. The fraction of sp³-hybridized carbons (Fsp3) is 0.400. The van der Waals surface area contributed by atoms with E-state index in [2.05, 4.69) is 10.6 Å². The van der Waals surface area contributed by atoms with Gasteiger partial charge in [-0.2, -0.15) is 0 Å². The van der Waals surface area contributed by atoms with Gasteiger partial charge in [-0.25, -0.2) is 0 Å². The average Bonchev–Trinajstić information content (AvgIpc) is 2.67. The van der Waals surface area contributed by atoms with Gasteiger partial charge in [-0.3, -0.25) is 0 Å². The molecule has 0 fully saturated rings. The summed E-state index contributed by atoms with van der Waals surface area (Å²) in [6.07, 6.45) is 0.991. The van der Waals surface area contributed by atoms with Crippen LogP contribution in [0.1, 0.15) is 17.5 Å². The second kappa shape index (κ2) is 11.8. The highest BCUT2D eigenvalue weighted by Gasteiger charge is 2.10. The lowest BCUT2D eigenvalue weighted by molar-refractivity contribution is 0.280. The SMILES string of the molecule is COc1cccc(CNCCCNCCO)c1OCc1ccc(Cl)cc1. The Labute approximate surface area is 160 Å². The Morgan fingerprint density at radius 2 is 1.77 bits per heavy atom. The van der Waals surface area contributed by atoms with Crippen LogP contribution in [-0.2, 0) is 13.2 Å².